The summed E-state index contributed by atoms with van der Waals surface area (Å²) in [5, 5.41) is 12.0. The molecular weight excluding hydrogens is 304 g/mol. The molecule has 5 nitrogen and oxygen atoms in total. The van der Waals surface area contributed by atoms with Gasteiger partial charge in [-0.2, -0.15) is 0 Å². The number of likely N-dealkylation sites (N-methyl/N-ethyl adjacent to an activating group) is 1. The van der Waals surface area contributed by atoms with Crippen molar-refractivity contribution in [1.29, 1.82) is 0 Å². The number of nitrogens with zero attached hydrogens (tertiary/aromatic N) is 1. The van der Waals surface area contributed by atoms with Gasteiger partial charge in [-0.3, -0.25) is 14.5 Å². The first-order valence-corrected chi connectivity index (χ1v) is 9.65. The average Bonchev–Trinajstić information content (AvgIpc) is 2.52. The summed E-state index contributed by atoms with van der Waals surface area (Å²) in [6, 6.07) is -0.432. The van der Waals surface area contributed by atoms with E-state index in [9.17, 15) is 9.59 Å². The second kappa shape index (κ2) is 15.4. The molecule has 0 aliphatic carbocycles. The van der Waals surface area contributed by atoms with E-state index in [1.807, 2.05) is 0 Å². The largest absolute Gasteiger partial charge is 0.480 e. The molecule has 0 unspecified atom stereocenters. The van der Waals surface area contributed by atoms with Crippen molar-refractivity contribution in [2.24, 2.45) is 0 Å². The molecule has 0 radical (unpaired) electrons. The van der Waals surface area contributed by atoms with Crippen LogP contribution in [0, 0.1) is 0 Å². The van der Waals surface area contributed by atoms with Crippen LogP contribution in [0.4, 0.5) is 0 Å². The maximum atomic E-state index is 11.7. The van der Waals surface area contributed by atoms with Crippen LogP contribution >= 0.6 is 0 Å². The van der Waals surface area contributed by atoms with E-state index < -0.39 is 12.0 Å². The fraction of sp³-hybridized carbons (Fsp3) is 0.895. The summed E-state index contributed by atoms with van der Waals surface area (Å²) in [7, 11) is 3.56. The Balaban J connectivity index is 3.45. The normalized spacial score (nSPS) is 12.3. The molecule has 0 heterocycles. The van der Waals surface area contributed by atoms with Crippen LogP contribution in [0.15, 0.2) is 0 Å². The van der Waals surface area contributed by atoms with E-state index in [1.54, 1.807) is 19.0 Å². The minimum absolute atomic E-state index is 0.128. The first-order chi connectivity index (χ1) is 11.5. The number of nitrogens with one attached hydrogen (secondary N) is 1. The molecule has 1 atom stereocenters. The monoisotopic (exact) mass is 342 g/mol. The van der Waals surface area contributed by atoms with Crippen molar-refractivity contribution in [2.75, 3.05) is 20.6 Å². The van der Waals surface area contributed by atoms with E-state index in [-0.39, 0.29) is 5.91 Å². The zero-order valence-electron chi connectivity index (χ0n) is 16.0. The highest BCUT2D eigenvalue weighted by Gasteiger charge is 2.18. The second-order valence-electron chi connectivity index (χ2n) is 6.89. The van der Waals surface area contributed by atoms with Crippen molar-refractivity contribution in [3.05, 3.63) is 0 Å². The lowest BCUT2D eigenvalue weighted by molar-refractivity contribution is -0.142. The third-order valence-corrected chi connectivity index (χ3v) is 4.39. The SMILES string of the molecule is CCCCCCCCCCC(=O)NCCCC[C@@H](C(=O)O)N(C)C. The lowest BCUT2D eigenvalue weighted by Crippen LogP contribution is -2.35. The molecule has 0 rings (SSSR count). The van der Waals surface area contributed by atoms with Crippen LogP contribution in [0.5, 0.6) is 0 Å². The van der Waals surface area contributed by atoms with E-state index in [0.29, 0.717) is 19.4 Å². The molecule has 5 heteroatoms. The molecule has 0 aliphatic heterocycles. The number of carbonyl (C=O) groups is 2. The van der Waals surface area contributed by atoms with E-state index >= 15 is 0 Å². The molecule has 0 spiro atoms. The third-order valence-electron chi connectivity index (χ3n) is 4.39. The highest BCUT2D eigenvalue weighted by Crippen LogP contribution is 2.09. The number of carboxylic acid groups (broad SMARTS) is 1. The van der Waals surface area contributed by atoms with Crippen LogP contribution in [0.25, 0.3) is 0 Å². The molecule has 1 amide bonds. The lowest BCUT2D eigenvalue weighted by atomic mass is 10.1. The fourth-order valence-electron chi connectivity index (χ4n) is 2.80. The van der Waals surface area contributed by atoms with Gasteiger partial charge < -0.3 is 10.4 Å². The zero-order chi connectivity index (χ0) is 18.2. The van der Waals surface area contributed by atoms with Crippen LogP contribution in [0.1, 0.15) is 84.0 Å². The highest BCUT2D eigenvalue weighted by atomic mass is 16.4. The molecule has 0 aromatic carbocycles. The summed E-state index contributed by atoms with van der Waals surface area (Å²) in [4.78, 5) is 24.5. The summed E-state index contributed by atoms with van der Waals surface area (Å²) < 4.78 is 0. The van der Waals surface area contributed by atoms with Gasteiger partial charge in [0, 0.05) is 13.0 Å². The Morgan fingerprint density at radius 2 is 1.50 bits per heavy atom. The molecule has 0 saturated carbocycles. The Hall–Kier alpha value is -1.10. The summed E-state index contributed by atoms with van der Waals surface area (Å²) >= 11 is 0. The molecule has 0 aliphatic rings. The summed E-state index contributed by atoms with van der Waals surface area (Å²) in [5.74, 6) is -0.651. The van der Waals surface area contributed by atoms with Gasteiger partial charge in [-0.15, -0.1) is 0 Å². The zero-order valence-corrected chi connectivity index (χ0v) is 16.0. The number of amides is 1. The summed E-state index contributed by atoms with van der Waals surface area (Å²) in [6.07, 6.45) is 12.8. The molecule has 2 N–H and O–H groups in total. The van der Waals surface area contributed by atoms with Crippen LogP contribution in [0.3, 0.4) is 0 Å². The number of carbonyl (C=O) groups excluding carboxylic acids is 1. The highest BCUT2D eigenvalue weighted by molar-refractivity contribution is 5.75. The molecule has 24 heavy (non-hydrogen) atoms. The van der Waals surface area contributed by atoms with Crippen molar-refractivity contribution in [3.63, 3.8) is 0 Å². The number of aliphatic carboxylic acids is 1. The maximum absolute atomic E-state index is 11.7. The predicted octanol–water partition coefficient (Wildman–Crippen LogP) is 3.82. The number of unbranched alkanes of at least 4 members (excludes halogenated alkanes) is 8. The van der Waals surface area contributed by atoms with Crippen molar-refractivity contribution in [3.8, 4) is 0 Å². The second-order valence-corrected chi connectivity index (χ2v) is 6.89. The quantitative estimate of drug-likeness (QED) is 0.418. The Morgan fingerprint density at radius 3 is 2.04 bits per heavy atom. The predicted molar refractivity (Wildman–Crippen MR) is 99.2 cm³/mol. The van der Waals surface area contributed by atoms with Gasteiger partial charge >= 0.3 is 5.97 Å². The Bertz CT molecular complexity index is 333. The topological polar surface area (TPSA) is 69.6 Å². The molecule has 142 valence electrons. The van der Waals surface area contributed by atoms with Gasteiger partial charge in [0.1, 0.15) is 6.04 Å². The fourth-order valence-corrected chi connectivity index (χ4v) is 2.80. The Morgan fingerprint density at radius 1 is 0.917 bits per heavy atom. The lowest BCUT2D eigenvalue weighted by Gasteiger charge is -2.19. The number of hydrogen-bond donors (Lipinski definition) is 2. The third kappa shape index (κ3) is 13.3. The molecule has 0 aromatic rings. The van der Waals surface area contributed by atoms with Crippen LogP contribution in [-0.2, 0) is 9.59 Å². The van der Waals surface area contributed by atoms with E-state index in [0.717, 1.165) is 25.7 Å². The van der Waals surface area contributed by atoms with Crippen molar-refractivity contribution in [1.82, 2.24) is 10.2 Å². The van der Waals surface area contributed by atoms with Crippen molar-refractivity contribution in [2.45, 2.75) is 90.0 Å². The van der Waals surface area contributed by atoms with Crippen molar-refractivity contribution < 1.29 is 14.7 Å². The van der Waals surface area contributed by atoms with E-state index in [1.165, 1.54) is 38.5 Å². The van der Waals surface area contributed by atoms with Gasteiger partial charge in [-0.05, 0) is 39.8 Å². The van der Waals surface area contributed by atoms with Gasteiger partial charge in [-0.25, -0.2) is 0 Å². The molecule has 0 fully saturated rings. The number of rotatable bonds is 16. The maximum Gasteiger partial charge on any atom is 0.320 e. The molecule has 0 bridgehead atoms. The van der Waals surface area contributed by atoms with Crippen LogP contribution < -0.4 is 5.32 Å². The molecule has 0 aromatic heterocycles. The van der Waals surface area contributed by atoms with Gasteiger partial charge in [0.15, 0.2) is 0 Å². The minimum atomic E-state index is -0.779. The van der Waals surface area contributed by atoms with Crippen LogP contribution in [-0.4, -0.2) is 48.6 Å². The smallest absolute Gasteiger partial charge is 0.320 e. The minimum Gasteiger partial charge on any atom is -0.480 e. The van der Waals surface area contributed by atoms with E-state index in [2.05, 4.69) is 12.2 Å². The first-order valence-electron chi connectivity index (χ1n) is 9.65. The van der Waals surface area contributed by atoms with Crippen LogP contribution in [0.2, 0.25) is 0 Å². The standard InChI is InChI=1S/C19H38N2O3/c1-4-5-6-7-8-9-10-11-15-18(22)20-16-13-12-14-17(19(23)24)21(2)3/h17H,4-16H2,1-3H3,(H,20,22)(H,23,24)/t17-/m0/s1. The van der Waals surface area contributed by atoms with Gasteiger partial charge in [0.2, 0.25) is 5.91 Å². The molecular formula is C19H38N2O3. The number of hydrogen-bond acceptors (Lipinski definition) is 3. The Kier molecular flexibility index (Phi) is 14.7. The van der Waals surface area contributed by atoms with Gasteiger partial charge in [0.05, 0.1) is 0 Å². The Labute approximate surface area is 148 Å². The van der Waals surface area contributed by atoms with Gasteiger partial charge in [0.25, 0.3) is 0 Å². The average molecular weight is 343 g/mol. The van der Waals surface area contributed by atoms with Gasteiger partial charge in [-0.1, -0.05) is 51.9 Å². The van der Waals surface area contributed by atoms with Crippen molar-refractivity contribution >= 4 is 11.9 Å². The first kappa shape index (κ1) is 22.9. The number of carboxylic acids is 1. The summed E-state index contributed by atoms with van der Waals surface area (Å²) in [5.41, 5.74) is 0. The molecule has 0 saturated heterocycles. The van der Waals surface area contributed by atoms with E-state index in [4.69, 9.17) is 5.11 Å². The summed E-state index contributed by atoms with van der Waals surface area (Å²) in [6.45, 7) is 2.88.